The van der Waals surface area contributed by atoms with Gasteiger partial charge in [-0.05, 0) is 36.6 Å². The van der Waals surface area contributed by atoms with Gasteiger partial charge in [0.05, 0.1) is 6.10 Å². The van der Waals surface area contributed by atoms with Crippen molar-refractivity contribution in [3.05, 3.63) is 47.8 Å². The molecule has 1 atom stereocenters. The van der Waals surface area contributed by atoms with Crippen LogP contribution in [0.2, 0.25) is 0 Å². The van der Waals surface area contributed by atoms with Crippen molar-refractivity contribution in [2.24, 2.45) is 0 Å². The number of aliphatic hydroxyl groups is 1. The molecular weight excluding hydrogens is 167 g/mol. The van der Waals surface area contributed by atoms with Crippen molar-refractivity contribution in [3.63, 3.8) is 0 Å². The van der Waals surface area contributed by atoms with E-state index in [1.54, 1.807) is 12.1 Å². The molecule has 0 amide bonds. The smallest absolute Gasteiger partial charge is 0.123 e. The Labute approximate surface area is 77.5 Å². The molecule has 13 heavy (non-hydrogen) atoms. The van der Waals surface area contributed by atoms with Gasteiger partial charge in [-0.1, -0.05) is 12.1 Å². The molecule has 0 fully saturated rings. The number of hydrogen-bond acceptors (Lipinski definition) is 1. The maximum Gasteiger partial charge on any atom is 0.123 e. The second-order valence-electron chi connectivity index (χ2n) is 3.04. The second kappa shape index (κ2) is 4.19. The Balaban J connectivity index is 2.97. The van der Waals surface area contributed by atoms with Gasteiger partial charge in [0.2, 0.25) is 0 Å². The molecule has 0 radical (unpaired) electrons. The molecule has 1 aromatic carbocycles. The highest BCUT2D eigenvalue weighted by Gasteiger charge is 2.09. The minimum absolute atomic E-state index is 0.316. The summed E-state index contributed by atoms with van der Waals surface area (Å²) >= 11 is 0. The first kappa shape index (κ1) is 9.93. The SMILES string of the molecule is C=CC[C@@H](O)c1cc(F)ccc1C. The minimum Gasteiger partial charge on any atom is -0.388 e. The fourth-order valence-corrected chi connectivity index (χ4v) is 1.26. The fraction of sp³-hybridized carbons (Fsp3) is 0.273. The highest BCUT2D eigenvalue weighted by molar-refractivity contribution is 5.28. The predicted molar refractivity (Wildman–Crippen MR) is 50.9 cm³/mol. The standard InChI is InChI=1S/C11H13FO/c1-3-4-11(13)10-7-9(12)6-5-8(10)2/h3,5-7,11,13H,1,4H2,2H3/t11-/m1/s1. The highest BCUT2D eigenvalue weighted by atomic mass is 19.1. The molecule has 0 spiro atoms. The summed E-state index contributed by atoms with van der Waals surface area (Å²) in [6.45, 7) is 5.37. The molecule has 0 aliphatic rings. The number of aliphatic hydroxyl groups excluding tert-OH is 1. The van der Waals surface area contributed by atoms with Gasteiger partial charge in [-0.2, -0.15) is 0 Å². The zero-order valence-corrected chi connectivity index (χ0v) is 7.63. The van der Waals surface area contributed by atoms with Gasteiger partial charge in [0.15, 0.2) is 0 Å². The molecule has 1 aromatic rings. The Morgan fingerprint density at radius 2 is 2.31 bits per heavy atom. The average Bonchev–Trinajstić information content (AvgIpc) is 2.09. The third-order valence-corrected chi connectivity index (χ3v) is 1.99. The normalized spacial score (nSPS) is 12.5. The van der Waals surface area contributed by atoms with Crippen molar-refractivity contribution < 1.29 is 9.50 Å². The largest absolute Gasteiger partial charge is 0.388 e. The highest BCUT2D eigenvalue weighted by Crippen LogP contribution is 2.21. The lowest BCUT2D eigenvalue weighted by Crippen LogP contribution is -1.99. The van der Waals surface area contributed by atoms with Gasteiger partial charge in [-0.15, -0.1) is 6.58 Å². The van der Waals surface area contributed by atoms with E-state index in [4.69, 9.17) is 0 Å². The zero-order valence-electron chi connectivity index (χ0n) is 7.63. The van der Waals surface area contributed by atoms with Crippen LogP contribution in [0, 0.1) is 12.7 Å². The molecule has 0 aliphatic heterocycles. The molecule has 2 heteroatoms. The predicted octanol–water partition coefficient (Wildman–Crippen LogP) is 2.74. The van der Waals surface area contributed by atoms with Gasteiger partial charge >= 0.3 is 0 Å². The monoisotopic (exact) mass is 180 g/mol. The molecule has 1 N–H and O–H groups in total. The molecule has 0 unspecified atom stereocenters. The Morgan fingerprint density at radius 1 is 1.62 bits per heavy atom. The van der Waals surface area contributed by atoms with E-state index in [0.717, 1.165) is 5.56 Å². The number of rotatable bonds is 3. The molecule has 1 rings (SSSR count). The van der Waals surface area contributed by atoms with E-state index in [1.807, 2.05) is 6.92 Å². The maximum atomic E-state index is 12.8. The summed E-state index contributed by atoms with van der Waals surface area (Å²) in [5.74, 6) is -0.316. The summed E-state index contributed by atoms with van der Waals surface area (Å²) in [7, 11) is 0. The summed E-state index contributed by atoms with van der Waals surface area (Å²) in [4.78, 5) is 0. The van der Waals surface area contributed by atoms with Crippen molar-refractivity contribution in [1.29, 1.82) is 0 Å². The van der Waals surface area contributed by atoms with Gasteiger partial charge in [-0.3, -0.25) is 0 Å². The number of hydrogen-bond donors (Lipinski definition) is 1. The van der Waals surface area contributed by atoms with Crippen LogP contribution in [0.3, 0.4) is 0 Å². The molecular formula is C11H13FO. The maximum absolute atomic E-state index is 12.8. The minimum atomic E-state index is -0.645. The quantitative estimate of drug-likeness (QED) is 0.709. The fourth-order valence-electron chi connectivity index (χ4n) is 1.26. The Morgan fingerprint density at radius 3 is 2.92 bits per heavy atom. The van der Waals surface area contributed by atoms with Gasteiger partial charge in [-0.25, -0.2) is 4.39 Å². The molecule has 0 heterocycles. The van der Waals surface area contributed by atoms with Gasteiger partial charge < -0.3 is 5.11 Å². The van der Waals surface area contributed by atoms with Crippen LogP contribution in [-0.4, -0.2) is 5.11 Å². The van der Waals surface area contributed by atoms with E-state index in [0.29, 0.717) is 12.0 Å². The van der Waals surface area contributed by atoms with E-state index in [-0.39, 0.29) is 5.82 Å². The first-order valence-electron chi connectivity index (χ1n) is 4.20. The lowest BCUT2D eigenvalue weighted by Gasteiger charge is -2.11. The van der Waals surface area contributed by atoms with Gasteiger partial charge in [0, 0.05) is 0 Å². The van der Waals surface area contributed by atoms with Crippen molar-refractivity contribution in [2.45, 2.75) is 19.4 Å². The lowest BCUT2D eigenvalue weighted by molar-refractivity contribution is 0.180. The first-order valence-corrected chi connectivity index (χ1v) is 4.20. The summed E-state index contributed by atoms with van der Waals surface area (Å²) in [6, 6.07) is 4.42. The van der Waals surface area contributed by atoms with Crippen LogP contribution in [0.15, 0.2) is 30.9 Å². The average molecular weight is 180 g/mol. The Kier molecular flexibility index (Phi) is 3.20. The van der Waals surface area contributed by atoms with Crippen LogP contribution in [-0.2, 0) is 0 Å². The van der Waals surface area contributed by atoms with Crippen LogP contribution in [0.4, 0.5) is 4.39 Å². The van der Waals surface area contributed by atoms with Gasteiger partial charge in [0.25, 0.3) is 0 Å². The number of halogens is 1. The second-order valence-corrected chi connectivity index (χ2v) is 3.04. The topological polar surface area (TPSA) is 20.2 Å². The summed E-state index contributed by atoms with van der Waals surface area (Å²) in [5.41, 5.74) is 1.54. The molecule has 0 bridgehead atoms. The molecule has 0 aliphatic carbocycles. The Hall–Kier alpha value is -1.15. The molecule has 0 saturated heterocycles. The molecule has 70 valence electrons. The van der Waals surface area contributed by atoms with Crippen molar-refractivity contribution in [3.8, 4) is 0 Å². The van der Waals surface area contributed by atoms with Crippen LogP contribution in [0.25, 0.3) is 0 Å². The van der Waals surface area contributed by atoms with Crippen molar-refractivity contribution in [1.82, 2.24) is 0 Å². The molecule has 0 saturated carbocycles. The van der Waals surface area contributed by atoms with Crippen LogP contribution in [0.5, 0.6) is 0 Å². The summed E-state index contributed by atoms with van der Waals surface area (Å²) in [6.07, 6.45) is 1.42. The molecule has 0 aromatic heterocycles. The van der Waals surface area contributed by atoms with Gasteiger partial charge in [0.1, 0.15) is 5.82 Å². The third kappa shape index (κ3) is 2.39. The van der Waals surface area contributed by atoms with E-state index < -0.39 is 6.10 Å². The Bertz CT molecular complexity index is 307. The number of aryl methyl sites for hydroxylation is 1. The lowest BCUT2D eigenvalue weighted by atomic mass is 10.0. The van der Waals surface area contributed by atoms with E-state index in [1.165, 1.54) is 12.1 Å². The van der Waals surface area contributed by atoms with Crippen LogP contribution in [0.1, 0.15) is 23.7 Å². The molecule has 1 nitrogen and oxygen atoms in total. The van der Waals surface area contributed by atoms with E-state index >= 15 is 0 Å². The third-order valence-electron chi connectivity index (χ3n) is 1.99. The first-order chi connectivity index (χ1) is 6.15. The van der Waals surface area contributed by atoms with Crippen molar-refractivity contribution >= 4 is 0 Å². The summed E-state index contributed by atoms with van der Waals surface area (Å²) < 4.78 is 12.8. The zero-order chi connectivity index (χ0) is 9.84. The van der Waals surface area contributed by atoms with E-state index in [2.05, 4.69) is 6.58 Å². The number of benzene rings is 1. The van der Waals surface area contributed by atoms with Crippen molar-refractivity contribution in [2.75, 3.05) is 0 Å². The van der Waals surface area contributed by atoms with Crippen LogP contribution >= 0.6 is 0 Å². The summed E-state index contributed by atoms with van der Waals surface area (Å²) in [5, 5.41) is 9.59. The van der Waals surface area contributed by atoms with Crippen LogP contribution < -0.4 is 0 Å². The van der Waals surface area contributed by atoms with E-state index in [9.17, 15) is 9.50 Å².